The summed E-state index contributed by atoms with van der Waals surface area (Å²) in [5.41, 5.74) is 4.45. The number of para-hydroxylation sites is 1. The van der Waals surface area contributed by atoms with Crippen LogP contribution in [0.1, 0.15) is 42.7 Å². The van der Waals surface area contributed by atoms with E-state index in [9.17, 15) is 9.59 Å². The minimum Gasteiger partial charge on any atom is -0.497 e. The summed E-state index contributed by atoms with van der Waals surface area (Å²) in [5.74, 6) is 0.411. The molecule has 2 unspecified atom stereocenters. The lowest BCUT2D eigenvalue weighted by molar-refractivity contribution is -0.140. The van der Waals surface area contributed by atoms with Gasteiger partial charge in [0.15, 0.2) is 5.78 Å². The van der Waals surface area contributed by atoms with E-state index in [0.29, 0.717) is 46.2 Å². The van der Waals surface area contributed by atoms with E-state index in [1.54, 1.807) is 7.11 Å². The third-order valence-corrected chi connectivity index (χ3v) is 7.42. The number of dihydropyridines is 1. The van der Waals surface area contributed by atoms with Gasteiger partial charge in [0.2, 0.25) is 0 Å². The molecule has 0 spiro atoms. The number of benzene rings is 3. The molecule has 0 bridgehead atoms. The van der Waals surface area contributed by atoms with Crippen LogP contribution in [0.25, 0.3) is 0 Å². The molecule has 0 saturated heterocycles. The van der Waals surface area contributed by atoms with E-state index in [1.807, 2.05) is 85.8 Å². The van der Waals surface area contributed by atoms with Crippen molar-refractivity contribution in [1.29, 1.82) is 0 Å². The molecule has 200 valence electrons. The lowest BCUT2D eigenvalue weighted by Crippen LogP contribution is -2.36. The normalized spacial score (nSPS) is 18.8. The van der Waals surface area contributed by atoms with Crippen molar-refractivity contribution in [1.82, 2.24) is 5.32 Å². The zero-order chi connectivity index (χ0) is 27.4. The Hall–Kier alpha value is -4.03. The van der Waals surface area contributed by atoms with Crippen LogP contribution in [0.5, 0.6) is 11.5 Å². The monoisotopic (exact) mass is 543 g/mol. The summed E-state index contributed by atoms with van der Waals surface area (Å²) in [6, 6.07) is 24.5. The highest BCUT2D eigenvalue weighted by Gasteiger charge is 2.41. The van der Waals surface area contributed by atoms with Crippen LogP contribution in [0, 0.1) is 0 Å². The molecule has 39 heavy (non-hydrogen) atoms. The number of halogens is 1. The van der Waals surface area contributed by atoms with Crippen LogP contribution >= 0.6 is 11.6 Å². The van der Waals surface area contributed by atoms with Crippen LogP contribution in [-0.2, 0) is 14.3 Å². The maximum absolute atomic E-state index is 13.7. The molecule has 3 aromatic carbocycles. The second kappa shape index (κ2) is 11.8. The van der Waals surface area contributed by atoms with E-state index in [-0.39, 0.29) is 24.9 Å². The predicted molar refractivity (Wildman–Crippen MR) is 150 cm³/mol. The van der Waals surface area contributed by atoms with Gasteiger partial charge in [0.05, 0.1) is 12.7 Å². The molecule has 0 fully saturated rings. The first-order chi connectivity index (χ1) is 18.9. The lowest BCUT2D eigenvalue weighted by Gasteiger charge is -2.36. The van der Waals surface area contributed by atoms with Crippen molar-refractivity contribution in [2.45, 2.75) is 31.6 Å². The summed E-state index contributed by atoms with van der Waals surface area (Å²) in [4.78, 5) is 27.2. The standard InChI is InChI=1S/C32H30ClNO5/c1-20-29(32(36)39-17-16-38-26-6-4-3-5-7-26)30(22-10-14-25(37-2)15-11-22)31-27(34-20)18-23(19-28(31)35)21-8-12-24(33)13-9-21/h3-15,23,30,34H,16-19H2,1-2H3. The van der Waals surface area contributed by atoms with Gasteiger partial charge in [0, 0.05) is 34.3 Å². The smallest absolute Gasteiger partial charge is 0.336 e. The van der Waals surface area contributed by atoms with Gasteiger partial charge in [-0.2, -0.15) is 0 Å². The van der Waals surface area contributed by atoms with Crippen molar-refractivity contribution in [3.8, 4) is 11.5 Å². The number of ketones is 1. The largest absolute Gasteiger partial charge is 0.497 e. The average molecular weight is 544 g/mol. The number of nitrogens with one attached hydrogen (secondary N) is 1. The summed E-state index contributed by atoms with van der Waals surface area (Å²) in [7, 11) is 1.60. The molecule has 1 heterocycles. The SMILES string of the molecule is COc1ccc(C2C(C(=O)OCCOc3ccccc3)=C(C)NC3=C2C(=O)CC(c2ccc(Cl)cc2)C3)cc1. The zero-order valence-electron chi connectivity index (χ0n) is 21.9. The molecule has 0 radical (unpaired) electrons. The first-order valence-electron chi connectivity index (χ1n) is 12.9. The molecule has 0 aromatic heterocycles. The van der Waals surface area contributed by atoms with Crippen molar-refractivity contribution in [2.24, 2.45) is 0 Å². The summed E-state index contributed by atoms with van der Waals surface area (Å²) < 4.78 is 16.7. The van der Waals surface area contributed by atoms with Gasteiger partial charge in [-0.05, 0) is 66.8 Å². The zero-order valence-corrected chi connectivity index (χ0v) is 22.7. The molecule has 1 aliphatic carbocycles. The second-order valence-corrected chi connectivity index (χ2v) is 10.1. The van der Waals surface area contributed by atoms with E-state index in [1.165, 1.54) is 0 Å². The van der Waals surface area contributed by atoms with Crippen molar-refractivity contribution in [3.63, 3.8) is 0 Å². The Labute approximate surface area is 233 Å². The molecule has 2 atom stereocenters. The number of Topliss-reactive ketones (excluding diaryl/α,β-unsaturated/α-hetero) is 1. The van der Waals surface area contributed by atoms with Gasteiger partial charge >= 0.3 is 5.97 Å². The topological polar surface area (TPSA) is 73.9 Å². The Kier molecular flexibility index (Phi) is 8.03. The van der Waals surface area contributed by atoms with Gasteiger partial charge in [-0.1, -0.05) is 54.1 Å². The Balaban J connectivity index is 1.42. The fourth-order valence-corrected chi connectivity index (χ4v) is 5.42. The van der Waals surface area contributed by atoms with E-state index in [4.69, 9.17) is 25.8 Å². The first kappa shape index (κ1) is 26.6. The maximum atomic E-state index is 13.7. The van der Waals surface area contributed by atoms with E-state index in [2.05, 4.69) is 5.32 Å². The van der Waals surface area contributed by atoms with Crippen LogP contribution in [0.3, 0.4) is 0 Å². The van der Waals surface area contributed by atoms with E-state index < -0.39 is 11.9 Å². The molecule has 2 aliphatic rings. The third-order valence-electron chi connectivity index (χ3n) is 7.17. The Morgan fingerprint density at radius 2 is 1.59 bits per heavy atom. The molecule has 6 nitrogen and oxygen atoms in total. The van der Waals surface area contributed by atoms with E-state index >= 15 is 0 Å². The average Bonchev–Trinajstić information content (AvgIpc) is 2.95. The Bertz CT molecular complexity index is 1410. The number of hydrogen-bond acceptors (Lipinski definition) is 6. The van der Waals surface area contributed by atoms with E-state index in [0.717, 1.165) is 16.8 Å². The van der Waals surface area contributed by atoms with Gasteiger partial charge in [-0.25, -0.2) is 4.79 Å². The van der Waals surface area contributed by atoms with Crippen LogP contribution in [0.2, 0.25) is 5.02 Å². The van der Waals surface area contributed by atoms with Gasteiger partial charge in [-0.15, -0.1) is 0 Å². The number of allylic oxidation sites excluding steroid dienone is 3. The number of ether oxygens (including phenoxy) is 3. The minimum atomic E-state index is -0.548. The number of hydrogen-bond donors (Lipinski definition) is 1. The summed E-state index contributed by atoms with van der Waals surface area (Å²) in [6.45, 7) is 2.16. The first-order valence-corrected chi connectivity index (χ1v) is 13.3. The molecule has 7 heteroatoms. The molecule has 1 aliphatic heterocycles. The predicted octanol–water partition coefficient (Wildman–Crippen LogP) is 6.33. The number of esters is 1. The van der Waals surface area contributed by atoms with Crippen LogP contribution in [0.4, 0.5) is 0 Å². The number of methoxy groups -OCH3 is 1. The van der Waals surface area contributed by atoms with Crippen LogP contribution in [-0.4, -0.2) is 32.1 Å². The fraction of sp³-hybridized carbons (Fsp3) is 0.250. The molecule has 1 N–H and O–H groups in total. The molecule has 3 aromatic rings. The molecule has 0 saturated carbocycles. The highest BCUT2D eigenvalue weighted by Crippen LogP contribution is 2.46. The highest BCUT2D eigenvalue weighted by molar-refractivity contribution is 6.30. The minimum absolute atomic E-state index is 0.00901. The van der Waals surface area contributed by atoms with Gasteiger partial charge in [-0.3, -0.25) is 4.79 Å². The molecular formula is C32H30ClNO5. The van der Waals surface area contributed by atoms with Gasteiger partial charge in [0.25, 0.3) is 0 Å². The number of carbonyl (C=O) groups excluding carboxylic acids is 2. The number of rotatable bonds is 8. The fourth-order valence-electron chi connectivity index (χ4n) is 5.30. The highest BCUT2D eigenvalue weighted by atomic mass is 35.5. The van der Waals surface area contributed by atoms with Crippen molar-refractivity contribution in [2.75, 3.05) is 20.3 Å². The van der Waals surface area contributed by atoms with Crippen LogP contribution < -0.4 is 14.8 Å². The van der Waals surface area contributed by atoms with Gasteiger partial charge in [0.1, 0.15) is 24.7 Å². The second-order valence-electron chi connectivity index (χ2n) is 9.64. The molecule has 5 rings (SSSR count). The van der Waals surface area contributed by atoms with Crippen molar-refractivity contribution in [3.05, 3.63) is 118 Å². The van der Waals surface area contributed by atoms with Crippen molar-refractivity contribution >= 4 is 23.4 Å². The molecular weight excluding hydrogens is 514 g/mol. The van der Waals surface area contributed by atoms with Crippen molar-refractivity contribution < 1.29 is 23.8 Å². The summed E-state index contributed by atoms with van der Waals surface area (Å²) >= 11 is 6.08. The maximum Gasteiger partial charge on any atom is 0.336 e. The lowest BCUT2D eigenvalue weighted by atomic mass is 9.72. The summed E-state index contributed by atoms with van der Waals surface area (Å²) in [5, 5.41) is 4.04. The number of carbonyl (C=O) groups is 2. The molecule has 0 amide bonds. The summed E-state index contributed by atoms with van der Waals surface area (Å²) in [6.07, 6.45) is 1.00. The quantitative estimate of drug-likeness (QED) is 0.264. The Morgan fingerprint density at radius 1 is 0.897 bits per heavy atom. The Morgan fingerprint density at radius 3 is 2.28 bits per heavy atom. The third kappa shape index (κ3) is 5.86. The van der Waals surface area contributed by atoms with Crippen LogP contribution in [0.15, 0.2) is 101 Å². The van der Waals surface area contributed by atoms with Gasteiger partial charge < -0.3 is 19.5 Å².